The van der Waals surface area contributed by atoms with E-state index in [0.717, 1.165) is 0 Å². The Morgan fingerprint density at radius 2 is 1.27 bits per heavy atom. The molecule has 0 spiro atoms. The quantitative estimate of drug-likeness (QED) is 0.647. The van der Waals surface area contributed by atoms with E-state index in [2.05, 4.69) is 43.6 Å². The topological polar surface area (TPSA) is 0 Å². The molecule has 3 heteroatoms. The van der Waals surface area contributed by atoms with E-state index < -0.39 is 18.4 Å². The third kappa shape index (κ3) is 1.46. The van der Waals surface area contributed by atoms with Gasteiger partial charge in [-0.3, -0.25) is 0 Å². The third-order valence-electron chi connectivity index (χ3n) is 3.17. The second-order valence-corrected chi connectivity index (χ2v) is 18.3. The average molecular weight is 339 g/mol. The fraction of sp³-hybridized carbons (Fsp3) is 0.167. The van der Waals surface area contributed by atoms with Crippen LogP contribution in [0.25, 0.3) is 12.2 Å². The number of hydrogen-bond acceptors (Lipinski definition) is 2. The molecular formula is C12H12S2Sn. The van der Waals surface area contributed by atoms with Crippen molar-refractivity contribution in [3.05, 3.63) is 32.6 Å². The molecule has 0 fully saturated rings. The molecule has 0 amide bonds. The Morgan fingerprint density at radius 1 is 0.800 bits per heavy atom. The van der Waals surface area contributed by atoms with Crippen LogP contribution in [0.1, 0.15) is 11.1 Å². The first-order chi connectivity index (χ1) is 7.19. The predicted molar refractivity (Wildman–Crippen MR) is 74.3 cm³/mol. The first kappa shape index (κ1) is 10.1. The van der Waals surface area contributed by atoms with Crippen molar-refractivity contribution in [2.24, 2.45) is 0 Å². The minimum atomic E-state index is -2.22. The normalized spacial score (nSPS) is 16.9. The average Bonchev–Trinajstić information content (AvgIpc) is 2.82. The van der Waals surface area contributed by atoms with Crippen molar-refractivity contribution < 1.29 is 0 Å². The minimum absolute atomic E-state index is 1.47. The second kappa shape index (κ2) is 3.47. The van der Waals surface area contributed by atoms with E-state index in [1.807, 2.05) is 22.7 Å². The summed E-state index contributed by atoms with van der Waals surface area (Å²) in [5.41, 5.74) is 2.95. The van der Waals surface area contributed by atoms with Gasteiger partial charge in [-0.25, -0.2) is 0 Å². The van der Waals surface area contributed by atoms with Crippen molar-refractivity contribution >= 4 is 60.4 Å². The summed E-state index contributed by atoms with van der Waals surface area (Å²) in [6, 6.07) is 0. The van der Waals surface area contributed by atoms with Gasteiger partial charge in [-0.1, -0.05) is 0 Å². The van der Waals surface area contributed by atoms with Crippen LogP contribution in [0.5, 0.6) is 0 Å². The Hall–Kier alpha value is -0.0613. The Morgan fingerprint density at radius 3 is 1.73 bits per heavy atom. The Labute approximate surface area is 102 Å². The maximum absolute atomic E-state index is 2.53. The molecule has 1 aliphatic heterocycles. The molecule has 0 unspecified atom stereocenters. The molecule has 3 rings (SSSR count). The molecule has 0 saturated carbocycles. The van der Waals surface area contributed by atoms with Crippen molar-refractivity contribution in [1.82, 2.24) is 0 Å². The van der Waals surface area contributed by atoms with Crippen molar-refractivity contribution in [1.29, 1.82) is 0 Å². The molecule has 15 heavy (non-hydrogen) atoms. The summed E-state index contributed by atoms with van der Waals surface area (Å²) >= 11 is 1.48. The summed E-state index contributed by atoms with van der Waals surface area (Å²) in [6.45, 7) is 0. The molecule has 0 N–H and O–H groups in total. The molecule has 0 saturated heterocycles. The van der Waals surface area contributed by atoms with Crippen LogP contribution in [0.15, 0.2) is 21.5 Å². The van der Waals surface area contributed by atoms with Crippen molar-refractivity contribution in [2.45, 2.75) is 9.88 Å². The standard InChI is InChI=1S/C10H6S2.2CH3.Sn/c1(9-3-5-11-7-9)2-10-4-6-12-8-10;;;/h1-2,5-8H;2*1H3;. The van der Waals surface area contributed by atoms with Gasteiger partial charge in [0, 0.05) is 0 Å². The van der Waals surface area contributed by atoms with Crippen LogP contribution in [0.4, 0.5) is 0 Å². The molecule has 1 aliphatic rings. The van der Waals surface area contributed by atoms with E-state index in [1.54, 1.807) is 7.16 Å². The van der Waals surface area contributed by atoms with Crippen LogP contribution >= 0.6 is 22.7 Å². The predicted octanol–water partition coefficient (Wildman–Crippen LogP) is 3.12. The fourth-order valence-corrected chi connectivity index (χ4v) is 16.8. The van der Waals surface area contributed by atoms with Gasteiger partial charge in [-0.15, -0.1) is 0 Å². The van der Waals surface area contributed by atoms with E-state index in [9.17, 15) is 0 Å². The summed E-state index contributed by atoms with van der Waals surface area (Å²) in [4.78, 5) is 5.05. The summed E-state index contributed by atoms with van der Waals surface area (Å²) < 4.78 is 3.34. The van der Waals surface area contributed by atoms with E-state index >= 15 is 0 Å². The number of thiophene rings is 2. The van der Waals surface area contributed by atoms with E-state index in [4.69, 9.17) is 0 Å². The molecule has 0 aromatic carbocycles. The van der Waals surface area contributed by atoms with Gasteiger partial charge in [0.25, 0.3) is 0 Å². The van der Waals surface area contributed by atoms with Crippen LogP contribution in [0.3, 0.4) is 0 Å². The number of fused-ring (bicyclic) bond motifs is 2. The zero-order chi connectivity index (χ0) is 10.5. The van der Waals surface area contributed by atoms with Gasteiger partial charge in [0.15, 0.2) is 0 Å². The first-order valence-electron chi connectivity index (χ1n) is 5.01. The Bertz CT molecular complexity index is 485. The maximum atomic E-state index is 2.53. The molecule has 0 aliphatic carbocycles. The zero-order valence-corrected chi connectivity index (χ0v) is 13.3. The second-order valence-electron chi connectivity index (χ2n) is 4.44. The van der Waals surface area contributed by atoms with Crippen LogP contribution in [0.2, 0.25) is 9.88 Å². The third-order valence-corrected chi connectivity index (χ3v) is 16.0. The molecule has 3 heterocycles. The summed E-state index contributed by atoms with van der Waals surface area (Å²) in [6.07, 6.45) is 4.59. The molecule has 0 radical (unpaired) electrons. The molecule has 0 bridgehead atoms. The van der Waals surface area contributed by atoms with Gasteiger partial charge in [-0.05, 0) is 0 Å². The van der Waals surface area contributed by atoms with Gasteiger partial charge in [0.1, 0.15) is 0 Å². The van der Waals surface area contributed by atoms with Crippen LogP contribution in [0, 0.1) is 0 Å². The van der Waals surface area contributed by atoms with Crippen LogP contribution in [-0.4, -0.2) is 18.4 Å². The molecule has 2 aromatic heterocycles. The van der Waals surface area contributed by atoms with Crippen LogP contribution in [-0.2, 0) is 0 Å². The monoisotopic (exact) mass is 340 g/mol. The molecule has 2 aromatic rings. The molecular weight excluding hydrogens is 327 g/mol. The summed E-state index contributed by atoms with van der Waals surface area (Å²) in [7, 11) is 0. The van der Waals surface area contributed by atoms with Crippen LogP contribution < -0.4 is 7.16 Å². The van der Waals surface area contributed by atoms with Gasteiger partial charge in [-0.2, -0.15) is 0 Å². The number of hydrogen-bond donors (Lipinski definition) is 0. The Kier molecular flexibility index (Phi) is 2.34. The van der Waals surface area contributed by atoms with Crippen molar-refractivity contribution in [3.8, 4) is 0 Å². The molecule has 0 nitrogen and oxygen atoms in total. The van der Waals surface area contributed by atoms with Crippen molar-refractivity contribution in [2.75, 3.05) is 0 Å². The van der Waals surface area contributed by atoms with Gasteiger partial charge >= 0.3 is 103 Å². The van der Waals surface area contributed by atoms with Crippen molar-refractivity contribution in [3.63, 3.8) is 0 Å². The summed E-state index contributed by atoms with van der Waals surface area (Å²) in [5.74, 6) is 0. The SMILES string of the molecule is [CH3][Sn]1([CH3])[c]2cscc2C=Cc2csc[c]21. The van der Waals surface area contributed by atoms with E-state index in [-0.39, 0.29) is 0 Å². The zero-order valence-electron chi connectivity index (χ0n) is 8.78. The first-order valence-corrected chi connectivity index (χ1v) is 15.5. The molecule has 76 valence electrons. The molecule has 0 atom stereocenters. The van der Waals surface area contributed by atoms with Gasteiger partial charge in [0.2, 0.25) is 0 Å². The van der Waals surface area contributed by atoms with E-state index in [0.29, 0.717) is 0 Å². The van der Waals surface area contributed by atoms with Gasteiger partial charge in [0.05, 0.1) is 0 Å². The Balaban J connectivity index is 2.34. The van der Waals surface area contributed by atoms with Gasteiger partial charge < -0.3 is 0 Å². The van der Waals surface area contributed by atoms with E-state index in [1.165, 1.54) is 11.1 Å². The number of rotatable bonds is 0. The fourth-order valence-electron chi connectivity index (χ4n) is 2.21. The summed E-state index contributed by atoms with van der Waals surface area (Å²) in [5, 5.41) is 9.34.